The summed E-state index contributed by atoms with van der Waals surface area (Å²) in [6.45, 7) is 7.28. The highest BCUT2D eigenvalue weighted by atomic mass is 19.2. The molecule has 2 aromatic carbocycles. The lowest BCUT2D eigenvalue weighted by Gasteiger charge is -2.25. The predicted octanol–water partition coefficient (Wildman–Crippen LogP) is 5.38. The lowest BCUT2D eigenvalue weighted by Crippen LogP contribution is -2.42. The smallest absolute Gasteiger partial charge is 0.425 e. The zero-order valence-electron chi connectivity index (χ0n) is 23.0. The number of hydrogen-bond donors (Lipinski definition) is 2. The number of rotatable bonds is 9. The van der Waals surface area contributed by atoms with E-state index >= 15 is 0 Å². The topological polar surface area (TPSA) is 124 Å². The van der Waals surface area contributed by atoms with Gasteiger partial charge in [-0.3, -0.25) is 4.79 Å². The number of nitrogens with zero attached hydrogens (tertiary/aromatic N) is 2. The van der Waals surface area contributed by atoms with Gasteiger partial charge in [0.2, 0.25) is 5.91 Å². The van der Waals surface area contributed by atoms with Crippen LogP contribution < -0.4 is 16.0 Å². The third kappa shape index (κ3) is 8.19. The molecule has 0 unspecified atom stereocenters. The largest absolute Gasteiger partial charge is 0.449 e. The molecular weight excluding hydrogens is 522 g/mol. The van der Waals surface area contributed by atoms with Gasteiger partial charge in [-0.15, -0.1) is 0 Å². The van der Waals surface area contributed by atoms with E-state index in [-0.39, 0.29) is 25.4 Å². The molecule has 0 radical (unpaired) electrons. The van der Waals surface area contributed by atoms with Gasteiger partial charge in [0, 0.05) is 18.1 Å². The van der Waals surface area contributed by atoms with Gasteiger partial charge in [0.25, 0.3) is 0 Å². The highest BCUT2D eigenvalue weighted by Gasteiger charge is 2.32. The zero-order chi connectivity index (χ0) is 29.4. The van der Waals surface area contributed by atoms with Gasteiger partial charge in [-0.25, -0.2) is 23.4 Å². The molecule has 214 valence electrons. The zero-order valence-corrected chi connectivity index (χ0v) is 23.0. The van der Waals surface area contributed by atoms with Gasteiger partial charge in [0.05, 0.1) is 12.6 Å². The van der Waals surface area contributed by atoms with Crippen molar-refractivity contribution in [2.24, 2.45) is 5.73 Å². The van der Waals surface area contributed by atoms with Crippen molar-refractivity contribution in [2.75, 3.05) is 11.5 Å². The van der Waals surface area contributed by atoms with Gasteiger partial charge in [-0.1, -0.05) is 31.5 Å². The van der Waals surface area contributed by atoms with Gasteiger partial charge >= 0.3 is 12.2 Å². The first-order valence-electron chi connectivity index (χ1n) is 12.9. The number of imide groups is 1. The van der Waals surface area contributed by atoms with Crippen LogP contribution in [0.3, 0.4) is 0 Å². The second-order valence-electron chi connectivity index (χ2n) is 10.3. The summed E-state index contributed by atoms with van der Waals surface area (Å²) >= 11 is 0. The molecule has 1 atom stereocenters. The summed E-state index contributed by atoms with van der Waals surface area (Å²) in [4.78, 5) is 43.5. The number of anilines is 1. The predicted molar refractivity (Wildman–Crippen MR) is 147 cm³/mol. The van der Waals surface area contributed by atoms with Crippen LogP contribution in [0.25, 0.3) is 10.8 Å². The third-order valence-corrected chi connectivity index (χ3v) is 5.74. The number of unbranched alkanes of at least 4 members (excludes halogenated alkanes) is 1. The highest BCUT2D eigenvalue weighted by Crippen LogP contribution is 2.28. The average Bonchev–Trinajstić information content (AvgIpc) is 2.88. The Kier molecular flexibility index (Phi) is 10.1. The Morgan fingerprint density at radius 2 is 1.75 bits per heavy atom. The highest BCUT2D eigenvalue weighted by molar-refractivity contribution is 6.13. The molecule has 0 aliphatic rings. The summed E-state index contributed by atoms with van der Waals surface area (Å²) in [5, 5.41) is 3.87. The van der Waals surface area contributed by atoms with Crippen LogP contribution in [-0.4, -0.2) is 41.3 Å². The van der Waals surface area contributed by atoms with Crippen molar-refractivity contribution >= 4 is 34.7 Å². The van der Waals surface area contributed by atoms with Crippen molar-refractivity contribution in [2.45, 2.75) is 65.1 Å². The number of carbonyl (C=O) groups is 3. The molecule has 0 aliphatic heterocycles. The molecule has 3 amide bonds. The minimum atomic E-state index is -1.01. The molecule has 0 saturated heterocycles. The number of nitrogens with one attached hydrogen (secondary N) is 1. The van der Waals surface area contributed by atoms with E-state index in [0.717, 1.165) is 23.5 Å². The van der Waals surface area contributed by atoms with Gasteiger partial charge < -0.3 is 20.5 Å². The Bertz CT molecular complexity index is 1380. The second kappa shape index (κ2) is 13.3. The summed E-state index contributed by atoms with van der Waals surface area (Å²) in [6, 6.07) is 9.27. The number of nitrogens with two attached hydrogens (primary N) is 1. The monoisotopic (exact) mass is 556 g/mol. The molecule has 9 nitrogen and oxygen atoms in total. The summed E-state index contributed by atoms with van der Waals surface area (Å²) in [7, 11) is 0. The summed E-state index contributed by atoms with van der Waals surface area (Å²) < 4.78 is 37.4. The number of aromatic nitrogens is 1. The van der Waals surface area contributed by atoms with Crippen molar-refractivity contribution in [3.63, 3.8) is 0 Å². The van der Waals surface area contributed by atoms with Crippen LogP contribution >= 0.6 is 0 Å². The molecule has 0 spiro atoms. The van der Waals surface area contributed by atoms with Crippen LogP contribution in [0.1, 0.15) is 51.7 Å². The van der Waals surface area contributed by atoms with Crippen LogP contribution in [0.2, 0.25) is 0 Å². The van der Waals surface area contributed by atoms with E-state index in [1.165, 1.54) is 12.3 Å². The molecule has 3 rings (SSSR count). The fraction of sp³-hybridized carbons (Fsp3) is 0.379. The molecule has 3 N–H and O–H groups in total. The van der Waals surface area contributed by atoms with Crippen molar-refractivity contribution in [1.82, 2.24) is 10.3 Å². The number of fused-ring (bicyclic) bond motifs is 1. The summed E-state index contributed by atoms with van der Waals surface area (Å²) in [5.74, 6) is -2.39. The quantitative estimate of drug-likeness (QED) is 0.339. The van der Waals surface area contributed by atoms with E-state index < -0.39 is 41.4 Å². The van der Waals surface area contributed by atoms with E-state index in [2.05, 4.69) is 10.3 Å². The van der Waals surface area contributed by atoms with Gasteiger partial charge in [0.1, 0.15) is 5.60 Å². The molecule has 11 heteroatoms. The Labute approximate surface area is 231 Å². The summed E-state index contributed by atoms with van der Waals surface area (Å²) in [6.07, 6.45) is 1.12. The lowest BCUT2D eigenvalue weighted by atomic mass is 10.1. The Morgan fingerprint density at radius 3 is 2.42 bits per heavy atom. The normalized spacial score (nSPS) is 12.1. The first kappa shape index (κ1) is 30.4. The molecule has 0 bridgehead atoms. The number of halogens is 2. The average molecular weight is 557 g/mol. The minimum absolute atomic E-state index is 0.0324. The standard InChI is InChI=1S/C29H34F2N4O5/c1-5-6-13-39-27(37)35(28(38)40-29(2,3)4)25-21-9-7-19(14-20(21)11-12-33-25)17-34-26(36)24(32)16-18-8-10-22(30)23(31)15-18/h7-12,14-15,24H,5-6,13,16-17,32H2,1-4H3,(H,34,36)/t24-/m1/s1. The number of hydrogen-bond acceptors (Lipinski definition) is 7. The van der Waals surface area contributed by atoms with E-state index in [1.807, 2.05) is 6.92 Å². The van der Waals surface area contributed by atoms with E-state index in [4.69, 9.17) is 15.2 Å². The fourth-order valence-electron chi connectivity index (χ4n) is 3.76. The minimum Gasteiger partial charge on any atom is -0.449 e. The Balaban J connectivity index is 1.78. The Hall–Kier alpha value is -4.12. The maximum absolute atomic E-state index is 13.5. The van der Waals surface area contributed by atoms with E-state index in [1.54, 1.807) is 45.0 Å². The van der Waals surface area contributed by atoms with Crippen LogP contribution in [0.4, 0.5) is 24.2 Å². The van der Waals surface area contributed by atoms with E-state index in [9.17, 15) is 23.2 Å². The Morgan fingerprint density at radius 1 is 1.02 bits per heavy atom. The van der Waals surface area contributed by atoms with Gasteiger partial charge in [-0.2, -0.15) is 4.90 Å². The number of ether oxygens (including phenoxy) is 2. The molecule has 1 aromatic heterocycles. The molecule has 40 heavy (non-hydrogen) atoms. The number of carbonyl (C=O) groups excluding carboxylic acids is 3. The second-order valence-corrected chi connectivity index (χ2v) is 10.3. The first-order valence-corrected chi connectivity index (χ1v) is 12.9. The van der Waals surface area contributed by atoms with Crippen LogP contribution in [0, 0.1) is 11.6 Å². The van der Waals surface area contributed by atoms with Gasteiger partial charge in [0.15, 0.2) is 17.5 Å². The molecule has 0 fully saturated rings. The number of benzene rings is 2. The maximum atomic E-state index is 13.5. The van der Waals surface area contributed by atoms with Crippen LogP contribution in [-0.2, 0) is 27.2 Å². The first-order chi connectivity index (χ1) is 18.9. The maximum Gasteiger partial charge on any atom is 0.425 e. The van der Waals surface area contributed by atoms with E-state index in [0.29, 0.717) is 28.3 Å². The number of pyridine rings is 1. The fourth-order valence-corrected chi connectivity index (χ4v) is 3.76. The lowest BCUT2D eigenvalue weighted by molar-refractivity contribution is -0.122. The molecule has 1 heterocycles. The van der Waals surface area contributed by atoms with Gasteiger partial charge in [-0.05, 0) is 74.4 Å². The van der Waals surface area contributed by atoms with Crippen molar-refractivity contribution in [3.8, 4) is 0 Å². The van der Waals surface area contributed by atoms with Crippen molar-refractivity contribution in [1.29, 1.82) is 0 Å². The van der Waals surface area contributed by atoms with Crippen LogP contribution in [0.5, 0.6) is 0 Å². The SMILES string of the molecule is CCCCOC(=O)N(C(=O)OC(C)(C)C)c1nccc2cc(CNC(=O)[C@H](N)Cc3ccc(F)c(F)c3)ccc12. The molecule has 3 aromatic rings. The van der Waals surface area contributed by atoms with Crippen molar-refractivity contribution < 1.29 is 32.6 Å². The number of amides is 3. The molecule has 0 saturated carbocycles. The van der Waals surface area contributed by atoms with Crippen LogP contribution in [0.15, 0.2) is 48.7 Å². The molecular formula is C29H34F2N4O5. The van der Waals surface area contributed by atoms with Crippen molar-refractivity contribution in [3.05, 3.63) is 71.4 Å². The summed E-state index contributed by atoms with van der Waals surface area (Å²) in [5.41, 5.74) is 6.21. The third-order valence-electron chi connectivity index (χ3n) is 5.74. The molecule has 0 aliphatic carbocycles.